The standard InChI is InChI=1S/C13H20N4O3S/c1-2-10(9-11(18)19)15-12(20)16-4-6-17(7-5-16)13-14-3-8-21-13/h3,8,10H,2,4-7,9H2,1H3,(H,15,20)(H,18,19). The second kappa shape index (κ2) is 7.26. The maximum atomic E-state index is 12.1. The summed E-state index contributed by atoms with van der Waals surface area (Å²) in [6, 6.07) is -0.492. The van der Waals surface area contributed by atoms with Gasteiger partial charge in [0.1, 0.15) is 0 Å². The van der Waals surface area contributed by atoms with Crippen molar-refractivity contribution in [1.29, 1.82) is 0 Å². The van der Waals surface area contributed by atoms with Crippen LogP contribution in [0, 0.1) is 0 Å². The average molecular weight is 312 g/mol. The van der Waals surface area contributed by atoms with Crippen LogP contribution in [0.3, 0.4) is 0 Å². The van der Waals surface area contributed by atoms with E-state index in [9.17, 15) is 9.59 Å². The minimum atomic E-state index is -0.893. The lowest BCUT2D eigenvalue weighted by atomic mass is 10.1. The number of carbonyl (C=O) groups excluding carboxylic acids is 1. The number of hydrogen-bond acceptors (Lipinski definition) is 5. The van der Waals surface area contributed by atoms with Gasteiger partial charge < -0.3 is 20.2 Å². The number of carbonyl (C=O) groups is 2. The zero-order valence-corrected chi connectivity index (χ0v) is 12.8. The van der Waals surface area contributed by atoms with Crippen molar-refractivity contribution in [2.75, 3.05) is 31.1 Å². The monoisotopic (exact) mass is 312 g/mol. The molecule has 0 aromatic carbocycles. The SMILES string of the molecule is CCC(CC(=O)O)NC(=O)N1CCN(c2nccs2)CC1. The molecule has 0 bridgehead atoms. The fourth-order valence-electron chi connectivity index (χ4n) is 2.25. The van der Waals surface area contributed by atoms with E-state index in [1.807, 2.05) is 12.3 Å². The van der Waals surface area contributed by atoms with Crippen molar-refractivity contribution >= 4 is 28.5 Å². The Morgan fingerprint density at radius 2 is 2.14 bits per heavy atom. The van der Waals surface area contributed by atoms with Gasteiger partial charge >= 0.3 is 12.0 Å². The fraction of sp³-hybridized carbons (Fsp3) is 0.615. The van der Waals surface area contributed by atoms with Crippen molar-refractivity contribution in [3.8, 4) is 0 Å². The Balaban J connectivity index is 1.81. The normalized spacial score (nSPS) is 16.6. The Bertz CT molecular complexity index is 472. The molecule has 2 heterocycles. The number of rotatable bonds is 5. The van der Waals surface area contributed by atoms with Crippen molar-refractivity contribution in [1.82, 2.24) is 15.2 Å². The molecule has 0 saturated carbocycles. The van der Waals surface area contributed by atoms with Gasteiger partial charge in [0.25, 0.3) is 0 Å². The first-order chi connectivity index (χ1) is 10.1. The number of nitrogens with zero attached hydrogens (tertiary/aromatic N) is 3. The first-order valence-electron chi connectivity index (χ1n) is 7.01. The first kappa shape index (κ1) is 15.6. The van der Waals surface area contributed by atoms with Crippen molar-refractivity contribution in [2.24, 2.45) is 0 Å². The zero-order valence-electron chi connectivity index (χ0n) is 12.0. The third-order valence-electron chi connectivity index (χ3n) is 3.50. The van der Waals surface area contributed by atoms with Gasteiger partial charge in [0.05, 0.1) is 6.42 Å². The lowest BCUT2D eigenvalue weighted by molar-refractivity contribution is -0.137. The van der Waals surface area contributed by atoms with E-state index in [1.54, 1.807) is 22.4 Å². The quantitative estimate of drug-likeness (QED) is 0.854. The molecule has 1 aliphatic rings. The predicted molar refractivity (Wildman–Crippen MR) is 80.8 cm³/mol. The lowest BCUT2D eigenvalue weighted by Crippen LogP contribution is -2.53. The molecule has 21 heavy (non-hydrogen) atoms. The molecule has 1 aromatic rings. The van der Waals surface area contributed by atoms with E-state index in [4.69, 9.17) is 5.11 Å². The van der Waals surface area contributed by atoms with Gasteiger partial charge in [-0.25, -0.2) is 9.78 Å². The van der Waals surface area contributed by atoms with Crippen LogP contribution in [0.2, 0.25) is 0 Å². The molecule has 1 aliphatic heterocycles. The molecule has 8 heteroatoms. The molecule has 1 atom stereocenters. The van der Waals surface area contributed by atoms with E-state index >= 15 is 0 Å². The molecule has 2 rings (SSSR count). The number of anilines is 1. The molecule has 7 nitrogen and oxygen atoms in total. The maximum absolute atomic E-state index is 12.1. The van der Waals surface area contributed by atoms with Gasteiger partial charge in [-0.1, -0.05) is 6.92 Å². The van der Waals surface area contributed by atoms with Crippen LogP contribution >= 0.6 is 11.3 Å². The van der Waals surface area contributed by atoms with Gasteiger partial charge in [0.2, 0.25) is 0 Å². The lowest BCUT2D eigenvalue weighted by Gasteiger charge is -2.35. The number of urea groups is 1. The van der Waals surface area contributed by atoms with Crippen LogP contribution in [0.15, 0.2) is 11.6 Å². The molecule has 1 saturated heterocycles. The van der Waals surface area contributed by atoms with Gasteiger partial charge in [0, 0.05) is 43.8 Å². The molecule has 2 amide bonds. The highest BCUT2D eigenvalue weighted by atomic mass is 32.1. The highest BCUT2D eigenvalue weighted by Gasteiger charge is 2.24. The largest absolute Gasteiger partial charge is 0.481 e. The topological polar surface area (TPSA) is 85.8 Å². The third kappa shape index (κ3) is 4.32. The molecular formula is C13H20N4O3S. The van der Waals surface area contributed by atoms with Gasteiger partial charge in [-0.3, -0.25) is 4.79 Å². The number of aromatic nitrogens is 1. The molecule has 1 fully saturated rings. The van der Waals surface area contributed by atoms with E-state index < -0.39 is 5.97 Å². The van der Waals surface area contributed by atoms with Crippen molar-refractivity contribution in [3.63, 3.8) is 0 Å². The number of hydrogen-bond donors (Lipinski definition) is 2. The van der Waals surface area contributed by atoms with E-state index in [0.29, 0.717) is 19.5 Å². The number of thiazole rings is 1. The van der Waals surface area contributed by atoms with E-state index in [2.05, 4.69) is 15.2 Å². The van der Waals surface area contributed by atoms with Gasteiger partial charge in [-0.15, -0.1) is 11.3 Å². The summed E-state index contributed by atoms with van der Waals surface area (Å²) in [5, 5.41) is 14.5. The number of carboxylic acids is 1. The molecule has 1 unspecified atom stereocenters. The number of piperazine rings is 1. The van der Waals surface area contributed by atoms with Crippen molar-refractivity contribution in [2.45, 2.75) is 25.8 Å². The summed E-state index contributed by atoms with van der Waals surface area (Å²) in [6.07, 6.45) is 2.34. The predicted octanol–water partition coefficient (Wildman–Crippen LogP) is 1.23. The van der Waals surface area contributed by atoms with Crippen LogP contribution in [0.1, 0.15) is 19.8 Å². The van der Waals surface area contributed by atoms with Crippen LogP contribution in [0.4, 0.5) is 9.93 Å². The molecule has 0 radical (unpaired) electrons. The zero-order chi connectivity index (χ0) is 15.2. The fourth-order valence-corrected chi connectivity index (χ4v) is 2.94. The number of amides is 2. The summed E-state index contributed by atoms with van der Waals surface area (Å²) >= 11 is 1.59. The molecule has 0 spiro atoms. The summed E-state index contributed by atoms with van der Waals surface area (Å²) in [7, 11) is 0. The second-order valence-electron chi connectivity index (χ2n) is 4.94. The smallest absolute Gasteiger partial charge is 0.317 e. The molecule has 2 N–H and O–H groups in total. The van der Waals surface area contributed by atoms with Gasteiger partial charge in [-0.2, -0.15) is 0 Å². The Labute approximate surface area is 127 Å². The highest BCUT2D eigenvalue weighted by Crippen LogP contribution is 2.18. The highest BCUT2D eigenvalue weighted by molar-refractivity contribution is 7.13. The number of aliphatic carboxylic acids is 1. The van der Waals surface area contributed by atoms with Crippen LogP contribution in [0.5, 0.6) is 0 Å². The van der Waals surface area contributed by atoms with Crippen molar-refractivity contribution in [3.05, 3.63) is 11.6 Å². The Hall–Kier alpha value is -1.83. The summed E-state index contributed by atoms with van der Waals surface area (Å²) < 4.78 is 0. The second-order valence-corrected chi connectivity index (χ2v) is 5.81. The minimum Gasteiger partial charge on any atom is -0.481 e. The number of carboxylic acid groups (broad SMARTS) is 1. The first-order valence-corrected chi connectivity index (χ1v) is 7.89. The molecule has 1 aromatic heterocycles. The van der Waals surface area contributed by atoms with Crippen LogP contribution < -0.4 is 10.2 Å². The third-order valence-corrected chi connectivity index (χ3v) is 4.33. The molecule has 116 valence electrons. The van der Waals surface area contributed by atoms with Crippen LogP contribution in [-0.2, 0) is 4.79 Å². The van der Waals surface area contributed by atoms with E-state index in [1.165, 1.54) is 0 Å². The summed E-state index contributed by atoms with van der Waals surface area (Å²) in [5.74, 6) is -0.893. The molecule has 0 aliphatic carbocycles. The van der Waals surface area contributed by atoms with Gasteiger partial charge in [0.15, 0.2) is 5.13 Å². The maximum Gasteiger partial charge on any atom is 0.317 e. The molecular weight excluding hydrogens is 292 g/mol. The summed E-state index contributed by atoms with van der Waals surface area (Å²) in [6.45, 7) is 4.60. The number of nitrogens with one attached hydrogen (secondary N) is 1. The summed E-state index contributed by atoms with van der Waals surface area (Å²) in [5.41, 5.74) is 0. The average Bonchev–Trinajstić information content (AvgIpc) is 3.00. The Morgan fingerprint density at radius 3 is 2.67 bits per heavy atom. The van der Waals surface area contributed by atoms with E-state index in [-0.39, 0.29) is 18.5 Å². The Morgan fingerprint density at radius 1 is 1.43 bits per heavy atom. The van der Waals surface area contributed by atoms with E-state index in [0.717, 1.165) is 18.2 Å². The van der Waals surface area contributed by atoms with Crippen LogP contribution in [0.25, 0.3) is 0 Å². The van der Waals surface area contributed by atoms with Gasteiger partial charge in [-0.05, 0) is 6.42 Å². The van der Waals surface area contributed by atoms with Crippen molar-refractivity contribution < 1.29 is 14.7 Å². The van der Waals surface area contributed by atoms with Crippen LogP contribution in [-0.4, -0.2) is 59.2 Å². The Kier molecular flexibility index (Phi) is 5.38. The minimum absolute atomic E-state index is 0.0404. The summed E-state index contributed by atoms with van der Waals surface area (Å²) in [4.78, 5) is 31.0.